The fourth-order valence-corrected chi connectivity index (χ4v) is 4.62. The second-order valence-electron chi connectivity index (χ2n) is 7.76. The number of aliphatic imine (C=N–C) groups is 1. The Morgan fingerprint density at radius 3 is 2.63 bits per heavy atom. The monoisotopic (exact) mass is 373 g/mol. The lowest BCUT2D eigenvalue weighted by atomic mass is 9.78. The minimum atomic E-state index is 0.175. The Morgan fingerprint density at radius 2 is 2.00 bits per heavy atom. The third-order valence-corrected chi connectivity index (χ3v) is 6.18. The van der Waals surface area contributed by atoms with Crippen molar-refractivity contribution in [3.63, 3.8) is 0 Å². The molecule has 2 aliphatic rings. The molecule has 0 atom stereocenters. The van der Waals surface area contributed by atoms with Crippen molar-refractivity contribution in [2.24, 2.45) is 4.99 Å². The first kappa shape index (κ1) is 20.0. The highest BCUT2D eigenvalue weighted by atomic mass is 16.5. The predicted molar refractivity (Wildman–Crippen MR) is 111 cm³/mol. The van der Waals surface area contributed by atoms with Crippen LogP contribution in [0.15, 0.2) is 29.3 Å². The van der Waals surface area contributed by atoms with Gasteiger partial charge in [-0.25, -0.2) is 0 Å². The van der Waals surface area contributed by atoms with Crippen LogP contribution in [-0.2, 0) is 10.2 Å². The maximum atomic E-state index is 5.78. The third kappa shape index (κ3) is 4.75. The molecule has 1 saturated heterocycles. The Bertz CT molecular complexity index is 618. The predicted octanol–water partition coefficient (Wildman–Crippen LogP) is 3.58. The lowest BCUT2D eigenvalue weighted by molar-refractivity contribution is 0.0263. The van der Waals surface area contributed by atoms with Crippen molar-refractivity contribution >= 4 is 5.96 Å². The highest BCUT2D eigenvalue weighted by molar-refractivity contribution is 5.80. The molecule has 0 unspecified atom stereocenters. The quantitative estimate of drug-likeness (QED) is 0.611. The molecule has 1 aromatic rings. The molecule has 150 valence electrons. The van der Waals surface area contributed by atoms with Crippen molar-refractivity contribution in [3.05, 3.63) is 29.8 Å². The van der Waals surface area contributed by atoms with Crippen molar-refractivity contribution < 1.29 is 9.47 Å². The van der Waals surface area contributed by atoms with Crippen LogP contribution in [0.4, 0.5) is 0 Å². The van der Waals surface area contributed by atoms with Crippen LogP contribution < -0.4 is 10.1 Å². The zero-order valence-corrected chi connectivity index (χ0v) is 17.2. The molecule has 5 nitrogen and oxygen atoms in total. The van der Waals surface area contributed by atoms with Gasteiger partial charge in [-0.3, -0.25) is 4.99 Å². The Hall–Kier alpha value is -1.75. The number of benzene rings is 1. The first-order chi connectivity index (χ1) is 13.2. The van der Waals surface area contributed by atoms with Gasteiger partial charge in [-0.15, -0.1) is 0 Å². The number of hydrogen-bond acceptors (Lipinski definition) is 3. The lowest BCUT2D eigenvalue weighted by Gasteiger charge is -2.36. The van der Waals surface area contributed by atoms with Gasteiger partial charge < -0.3 is 19.7 Å². The Labute approximate surface area is 164 Å². The molecule has 1 aromatic carbocycles. The topological polar surface area (TPSA) is 46.1 Å². The number of nitrogens with zero attached hydrogens (tertiary/aromatic N) is 2. The number of ether oxygens (including phenoxy) is 2. The van der Waals surface area contributed by atoms with E-state index in [1.54, 1.807) is 7.11 Å². The van der Waals surface area contributed by atoms with Gasteiger partial charge in [0, 0.05) is 38.7 Å². The van der Waals surface area contributed by atoms with Crippen LogP contribution in [0.1, 0.15) is 51.0 Å². The molecule has 1 N–H and O–H groups in total. The van der Waals surface area contributed by atoms with Gasteiger partial charge in [0.05, 0.1) is 13.2 Å². The molecule has 1 saturated carbocycles. The summed E-state index contributed by atoms with van der Waals surface area (Å²) in [6, 6.07) is 8.61. The second-order valence-corrected chi connectivity index (χ2v) is 7.76. The molecule has 5 heteroatoms. The van der Waals surface area contributed by atoms with Gasteiger partial charge in [-0.05, 0) is 50.3 Å². The molecule has 0 aromatic heterocycles. The van der Waals surface area contributed by atoms with Crippen molar-refractivity contribution in [1.29, 1.82) is 0 Å². The fraction of sp³-hybridized carbons (Fsp3) is 0.682. The van der Waals surface area contributed by atoms with E-state index < -0.39 is 0 Å². The Balaban J connectivity index is 1.65. The van der Waals surface area contributed by atoms with Gasteiger partial charge in [-0.2, -0.15) is 0 Å². The van der Waals surface area contributed by atoms with Crippen LogP contribution in [0.3, 0.4) is 0 Å². The summed E-state index contributed by atoms with van der Waals surface area (Å²) in [4.78, 5) is 6.95. The summed E-state index contributed by atoms with van der Waals surface area (Å²) in [5.74, 6) is 1.97. The van der Waals surface area contributed by atoms with E-state index >= 15 is 0 Å². The first-order valence-corrected chi connectivity index (χ1v) is 10.4. The van der Waals surface area contributed by atoms with Gasteiger partial charge in [-0.1, -0.05) is 25.0 Å². The standard InChI is InChI=1S/C22H35N3O2/c1-4-27-19-10-14-25(15-11-19)21(23-2)24-17-22(12-5-6-13-22)18-8-7-9-20(16-18)26-3/h7-9,16,19H,4-6,10-15,17H2,1-3H3,(H,23,24). The van der Waals surface area contributed by atoms with E-state index in [9.17, 15) is 0 Å². The normalized spacial score (nSPS) is 20.7. The molecular formula is C22H35N3O2. The summed E-state index contributed by atoms with van der Waals surface area (Å²) in [5, 5.41) is 3.70. The maximum Gasteiger partial charge on any atom is 0.193 e. The average molecular weight is 374 g/mol. The largest absolute Gasteiger partial charge is 0.497 e. The van der Waals surface area contributed by atoms with E-state index in [0.717, 1.165) is 50.8 Å². The van der Waals surface area contributed by atoms with Crippen LogP contribution in [0.25, 0.3) is 0 Å². The molecular weight excluding hydrogens is 338 g/mol. The third-order valence-electron chi connectivity index (χ3n) is 6.18. The van der Waals surface area contributed by atoms with E-state index in [0.29, 0.717) is 6.10 Å². The van der Waals surface area contributed by atoms with Crippen LogP contribution in [-0.4, -0.2) is 57.4 Å². The van der Waals surface area contributed by atoms with E-state index in [2.05, 4.69) is 40.3 Å². The summed E-state index contributed by atoms with van der Waals surface area (Å²) < 4.78 is 11.2. The summed E-state index contributed by atoms with van der Waals surface area (Å²) in [6.45, 7) is 5.83. The molecule has 3 rings (SSSR count). The van der Waals surface area contributed by atoms with Gasteiger partial charge in [0.25, 0.3) is 0 Å². The van der Waals surface area contributed by atoms with Crippen LogP contribution >= 0.6 is 0 Å². The Morgan fingerprint density at radius 1 is 1.26 bits per heavy atom. The number of likely N-dealkylation sites (tertiary alicyclic amines) is 1. The molecule has 0 amide bonds. The summed E-state index contributed by atoms with van der Waals surface area (Å²) in [5.41, 5.74) is 1.56. The number of nitrogens with one attached hydrogen (secondary N) is 1. The molecule has 1 aliphatic heterocycles. The van der Waals surface area contributed by atoms with Crippen LogP contribution in [0.2, 0.25) is 0 Å². The number of rotatable bonds is 6. The van der Waals surface area contributed by atoms with Crippen LogP contribution in [0.5, 0.6) is 5.75 Å². The van der Waals surface area contributed by atoms with Crippen LogP contribution in [0, 0.1) is 0 Å². The number of guanidine groups is 1. The number of hydrogen-bond donors (Lipinski definition) is 1. The van der Waals surface area contributed by atoms with E-state index in [1.165, 1.54) is 31.2 Å². The lowest BCUT2D eigenvalue weighted by Crippen LogP contribution is -2.50. The second kappa shape index (κ2) is 9.45. The molecule has 1 heterocycles. The fourth-order valence-electron chi connectivity index (χ4n) is 4.62. The molecule has 1 aliphatic carbocycles. The van der Waals surface area contributed by atoms with Crippen molar-refractivity contribution in [2.75, 3.05) is 40.4 Å². The van der Waals surface area contributed by atoms with Crippen molar-refractivity contribution in [3.8, 4) is 5.75 Å². The van der Waals surface area contributed by atoms with Gasteiger partial charge in [0.2, 0.25) is 0 Å². The Kier molecular flexibility index (Phi) is 7.00. The zero-order chi connectivity index (χ0) is 19.1. The summed E-state index contributed by atoms with van der Waals surface area (Å²) >= 11 is 0. The van der Waals surface area contributed by atoms with Gasteiger partial charge in [0.15, 0.2) is 5.96 Å². The summed E-state index contributed by atoms with van der Waals surface area (Å²) in [6.07, 6.45) is 7.58. The van der Waals surface area contributed by atoms with Crippen molar-refractivity contribution in [1.82, 2.24) is 10.2 Å². The van der Waals surface area contributed by atoms with E-state index in [-0.39, 0.29) is 5.41 Å². The minimum absolute atomic E-state index is 0.175. The average Bonchev–Trinajstić information content (AvgIpc) is 3.20. The van der Waals surface area contributed by atoms with Gasteiger partial charge in [0.1, 0.15) is 5.75 Å². The number of methoxy groups -OCH3 is 1. The zero-order valence-electron chi connectivity index (χ0n) is 17.2. The molecule has 0 radical (unpaired) electrons. The van der Waals surface area contributed by atoms with E-state index in [1.807, 2.05) is 13.1 Å². The minimum Gasteiger partial charge on any atom is -0.497 e. The molecule has 27 heavy (non-hydrogen) atoms. The molecule has 0 bridgehead atoms. The molecule has 2 fully saturated rings. The highest BCUT2D eigenvalue weighted by Crippen LogP contribution is 2.41. The van der Waals surface area contributed by atoms with Gasteiger partial charge >= 0.3 is 0 Å². The number of piperidine rings is 1. The SMILES string of the molecule is CCOC1CCN(C(=NC)NCC2(c3cccc(OC)c3)CCCC2)CC1. The highest BCUT2D eigenvalue weighted by Gasteiger charge is 2.36. The molecule has 0 spiro atoms. The van der Waals surface area contributed by atoms with Crippen molar-refractivity contribution in [2.45, 2.75) is 57.0 Å². The summed E-state index contributed by atoms with van der Waals surface area (Å²) in [7, 11) is 3.64. The smallest absolute Gasteiger partial charge is 0.193 e. The maximum absolute atomic E-state index is 5.78. The first-order valence-electron chi connectivity index (χ1n) is 10.4. The van der Waals surface area contributed by atoms with E-state index in [4.69, 9.17) is 9.47 Å².